The van der Waals surface area contributed by atoms with Gasteiger partial charge in [0.25, 0.3) is 0 Å². The molecule has 0 radical (unpaired) electrons. The van der Waals surface area contributed by atoms with Crippen molar-refractivity contribution in [3.8, 4) is 0 Å². The van der Waals surface area contributed by atoms with Gasteiger partial charge in [0.15, 0.2) is 0 Å². The minimum atomic E-state index is -0.588. The first-order valence-corrected chi connectivity index (χ1v) is 9.15. The van der Waals surface area contributed by atoms with Gasteiger partial charge in [0.2, 0.25) is 0 Å². The summed E-state index contributed by atoms with van der Waals surface area (Å²) in [5, 5.41) is 13.6. The van der Waals surface area contributed by atoms with E-state index in [2.05, 4.69) is 20.8 Å². The van der Waals surface area contributed by atoms with Gasteiger partial charge in [-0.25, -0.2) is 0 Å². The molecular weight excluding hydrogens is 316 g/mol. The predicted molar refractivity (Wildman–Crippen MR) is 93.8 cm³/mol. The van der Waals surface area contributed by atoms with E-state index in [-0.39, 0.29) is 5.54 Å². The lowest BCUT2D eigenvalue weighted by Crippen LogP contribution is -2.61. The van der Waals surface area contributed by atoms with Gasteiger partial charge in [-0.3, -0.25) is 14.7 Å². The van der Waals surface area contributed by atoms with Crippen LogP contribution in [-0.4, -0.2) is 27.6 Å². The van der Waals surface area contributed by atoms with Gasteiger partial charge in [-0.15, -0.1) is 0 Å². The van der Waals surface area contributed by atoms with Crippen molar-refractivity contribution in [2.75, 3.05) is 5.32 Å². The molecule has 6 rings (SSSR count). The minimum absolute atomic E-state index is 0.142. The van der Waals surface area contributed by atoms with Crippen molar-refractivity contribution in [1.29, 1.82) is 0 Å². The van der Waals surface area contributed by atoms with Crippen molar-refractivity contribution in [2.24, 2.45) is 17.8 Å². The van der Waals surface area contributed by atoms with Crippen LogP contribution in [0.2, 0.25) is 0 Å². The zero-order valence-corrected chi connectivity index (χ0v) is 14.0. The van der Waals surface area contributed by atoms with Crippen molar-refractivity contribution in [1.82, 2.24) is 15.5 Å². The molecule has 1 aromatic heterocycles. The van der Waals surface area contributed by atoms with E-state index in [1.165, 1.54) is 19.3 Å². The quantitative estimate of drug-likeness (QED) is 0.736. The Bertz CT molecular complexity index is 821. The number of hydrogen-bond donors (Lipinski definition) is 3. The second-order valence-corrected chi connectivity index (χ2v) is 8.28. The predicted octanol–water partition coefficient (Wildman–Crippen LogP) is 2.59. The molecule has 4 aliphatic carbocycles. The summed E-state index contributed by atoms with van der Waals surface area (Å²) in [6, 6.07) is 5.44. The summed E-state index contributed by atoms with van der Waals surface area (Å²) in [4.78, 5) is 24.9. The number of carbonyl (C=O) groups is 2. The van der Waals surface area contributed by atoms with Gasteiger partial charge in [-0.05, 0) is 74.5 Å². The van der Waals surface area contributed by atoms with Crippen LogP contribution in [0, 0.1) is 17.8 Å². The normalized spacial score (nSPS) is 32.7. The minimum Gasteiger partial charge on any atom is -0.342 e. The molecule has 1 heterocycles. The lowest BCUT2D eigenvalue weighted by Gasteiger charge is -2.56. The van der Waals surface area contributed by atoms with E-state index in [0.29, 0.717) is 5.69 Å². The molecular formula is C19H22N4O2. The standard InChI is InChI=1S/C19H22N4O2/c24-17(21-15-2-1-14-10-20-23-16(14)6-15)18(25)22-19-7-11-3-12(8-19)5-13(4-11)9-19/h1-2,6,10-13H,3-5,7-9H2,(H,20,23)(H,21,24)(H,22,25). The average Bonchev–Trinajstić information content (AvgIpc) is 3.00. The molecule has 130 valence electrons. The number of benzene rings is 1. The van der Waals surface area contributed by atoms with Gasteiger partial charge in [-0.1, -0.05) is 0 Å². The highest BCUT2D eigenvalue weighted by molar-refractivity contribution is 6.39. The second kappa shape index (κ2) is 5.31. The highest BCUT2D eigenvalue weighted by atomic mass is 16.2. The average molecular weight is 338 g/mol. The Morgan fingerprint density at radius 2 is 1.72 bits per heavy atom. The van der Waals surface area contributed by atoms with E-state index in [0.717, 1.165) is 47.9 Å². The van der Waals surface area contributed by atoms with E-state index in [1.807, 2.05) is 6.07 Å². The van der Waals surface area contributed by atoms with Gasteiger partial charge in [0.05, 0.1) is 11.7 Å². The lowest BCUT2D eigenvalue weighted by atomic mass is 9.53. The maximum Gasteiger partial charge on any atom is 0.313 e. The number of aromatic amines is 1. The Morgan fingerprint density at radius 1 is 1.04 bits per heavy atom. The zero-order chi connectivity index (χ0) is 17.0. The maximum atomic E-state index is 12.5. The Hall–Kier alpha value is -2.37. The van der Waals surface area contributed by atoms with Crippen LogP contribution in [0.1, 0.15) is 38.5 Å². The van der Waals surface area contributed by atoms with Crippen LogP contribution >= 0.6 is 0 Å². The smallest absolute Gasteiger partial charge is 0.313 e. The van der Waals surface area contributed by atoms with Gasteiger partial charge in [0.1, 0.15) is 0 Å². The topological polar surface area (TPSA) is 86.9 Å². The summed E-state index contributed by atoms with van der Waals surface area (Å²) in [5.74, 6) is 1.11. The summed E-state index contributed by atoms with van der Waals surface area (Å²) in [5.41, 5.74) is 1.29. The van der Waals surface area contributed by atoms with Crippen LogP contribution in [0.15, 0.2) is 24.4 Å². The third-order valence-electron chi connectivity index (χ3n) is 6.32. The van der Waals surface area contributed by atoms with E-state index >= 15 is 0 Å². The molecule has 0 atom stereocenters. The summed E-state index contributed by atoms with van der Waals surface area (Å²) >= 11 is 0. The highest BCUT2D eigenvalue weighted by Gasteiger charge is 2.51. The summed E-state index contributed by atoms with van der Waals surface area (Å²) < 4.78 is 0. The molecule has 4 bridgehead atoms. The summed E-state index contributed by atoms with van der Waals surface area (Å²) in [7, 11) is 0. The number of nitrogens with one attached hydrogen (secondary N) is 3. The maximum absolute atomic E-state index is 12.5. The Balaban J connectivity index is 1.28. The van der Waals surface area contributed by atoms with E-state index < -0.39 is 11.8 Å². The Labute approximate surface area is 145 Å². The number of aromatic nitrogens is 2. The first-order chi connectivity index (χ1) is 12.1. The van der Waals surface area contributed by atoms with E-state index in [4.69, 9.17) is 0 Å². The van der Waals surface area contributed by atoms with Gasteiger partial charge in [0, 0.05) is 16.6 Å². The second-order valence-electron chi connectivity index (χ2n) is 8.28. The SMILES string of the molecule is O=C(Nc1ccc2cn[nH]c2c1)C(=O)NC12CC3CC(CC(C3)C1)C2. The molecule has 4 aliphatic rings. The number of nitrogens with zero attached hydrogens (tertiary/aromatic N) is 1. The van der Waals surface area contributed by atoms with Crippen LogP contribution in [0.4, 0.5) is 5.69 Å². The first kappa shape index (κ1) is 14.9. The van der Waals surface area contributed by atoms with Crippen molar-refractivity contribution in [3.63, 3.8) is 0 Å². The molecule has 6 heteroatoms. The molecule has 4 saturated carbocycles. The Morgan fingerprint density at radius 3 is 2.40 bits per heavy atom. The zero-order valence-electron chi connectivity index (χ0n) is 14.0. The third-order valence-corrected chi connectivity index (χ3v) is 6.32. The fourth-order valence-corrected chi connectivity index (χ4v) is 5.76. The molecule has 25 heavy (non-hydrogen) atoms. The molecule has 2 aromatic rings. The molecule has 4 fully saturated rings. The van der Waals surface area contributed by atoms with Gasteiger partial charge >= 0.3 is 11.8 Å². The molecule has 0 saturated heterocycles. The molecule has 2 amide bonds. The van der Waals surface area contributed by atoms with Crippen molar-refractivity contribution in [2.45, 2.75) is 44.1 Å². The Kier molecular flexibility index (Phi) is 3.17. The number of fused-ring (bicyclic) bond motifs is 1. The summed E-state index contributed by atoms with van der Waals surface area (Å²) in [6.07, 6.45) is 8.78. The van der Waals surface area contributed by atoms with Gasteiger partial charge < -0.3 is 10.6 Å². The molecule has 6 nitrogen and oxygen atoms in total. The summed E-state index contributed by atoms with van der Waals surface area (Å²) in [6.45, 7) is 0. The molecule has 0 aliphatic heterocycles. The molecule has 0 spiro atoms. The molecule has 0 unspecified atom stereocenters. The number of rotatable bonds is 2. The van der Waals surface area contributed by atoms with E-state index in [1.54, 1.807) is 18.3 Å². The van der Waals surface area contributed by atoms with Crippen molar-refractivity contribution in [3.05, 3.63) is 24.4 Å². The number of amides is 2. The molecule has 3 N–H and O–H groups in total. The van der Waals surface area contributed by atoms with E-state index in [9.17, 15) is 9.59 Å². The van der Waals surface area contributed by atoms with Crippen molar-refractivity contribution >= 4 is 28.4 Å². The van der Waals surface area contributed by atoms with Crippen LogP contribution in [0.25, 0.3) is 10.9 Å². The fourth-order valence-electron chi connectivity index (χ4n) is 5.76. The van der Waals surface area contributed by atoms with Crippen LogP contribution in [-0.2, 0) is 9.59 Å². The number of carbonyl (C=O) groups excluding carboxylic acids is 2. The van der Waals surface area contributed by atoms with Crippen molar-refractivity contribution < 1.29 is 9.59 Å². The van der Waals surface area contributed by atoms with Crippen LogP contribution < -0.4 is 10.6 Å². The number of H-pyrrole nitrogens is 1. The largest absolute Gasteiger partial charge is 0.342 e. The fraction of sp³-hybridized carbons (Fsp3) is 0.526. The lowest BCUT2D eigenvalue weighted by molar-refractivity contribution is -0.139. The van der Waals surface area contributed by atoms with Crippen LogP contribution in [0.5, 0.6) is 0 Å². The number of anilines is 1. The third kappa shape index (κ3) is 2.60. The molecule has 1 aromatic carbocycles. The van der Waals surface area contributed by atoms with Gasteiger partial charge in [-0.2, -0.15) is 5.10 Å². The number of hydrogen-bond acceptors (Lipinski definition) is 3. The van der Waals surface area contributed by atoms with Crippen LogP contribution in [0.3, 0.4) is 0 Å². The first-order valence-electron chi connectivity index (χ1n) is 9.15. The highest BCUT2D eigenvalue weighted by Crippen LogP contribution is 2.55. The monoisotopic (exact) mass is 338 g/mol.